The topological polar surface area (TPSA) is 98.9 Å². The van der Waals surface area contributed by atoms with Crippen LogP contribution in [-0.4, -0.2) is 34.8 Å². The number of aromatic nitrogens is 4. The van der Waals surface area contributed by atoms with Crippen molar-refractivity contribution in [1.29, 1.82) is 0 Å². The van der Waals surface area contributed by atoms with Crippen LogP contribution in [0.25, 0.3) is 0 Å². The number of tetrazole rings is 1. The number of H-pyrrole nitrogens is 1. The molecule has 0 radical (unpaired) electrons. The van der Waals surface area contributed by atoms with Gasteiger partial charge in [0.1, 0.15) is 11.5 Å². The van der Waals surface area contributed by atoms with Crippen molar-refractivity contribution in [3.05, 3.63) is 29.6 Å². The molecule has 1 atom stereocenters. The van der Waals surface area contributed by atoms with Crippen molar-refractivity contribution >= 4 is 0 Å². The highest BCUT2D eigenvalue weighted by Gasteiger charge is 2.18. The molecule has 0 bridgehead atoms. The molecular formula is C10H13N5O2. The summed E-state index contributed by atoms with van der Waals surface area (Å²) in [4.78, 5) is 0. The molecule has 1 unspecified atom stereocenters. The summed E-state index contributed by atoms with van der Waals surface area (Å²) in [6.45, 7) is 0. The van der Waals surface area contributed by atoms with Crippen molar-refractivity contribution in [2.75, 3.05) is 14.2 Å². The van der Waals surface area contributed by atoms with Gasteiger partial charge in [-0.15, -0.1) is 10.2 Å². The summed E-state index contributed by atoms with van der Waals surface area (Å²) >= 11 is 0. The van der Waals surface area contributed by atoms with E-state index in [1.807, 2.05) is 0 Å². The highest BCUT2D eigenvalue weighted by molar-refractivity contribution is 5.43. The maximum Gasteiger partial charge on any atom is 0.195 e. The molecule has 0 spiro atoms. The van der Waals surface area contributed by atoms with Crippen LogP contribution in [0.2, 0.25) is 0 Å². The lowest BCUT2D eigenvalue weighted by molar-refractivity contribution is 0.396. The molecule has 0 saturated heterocycles. The maximum absolute atomic E-state index is 6.04. The van der Waals surface area contributed by atoms with E-state index in [9.17, 15) is 0 Å². The molecule has 90 valence electrons. The van der Waals surface area contributed by atoms with E-state index in [1.54, 1.807) is 32.4 Å². The SMILES string of the molecule is COc1ccc(OC)c(C(N)c2nn[nH]n2)c1. The van der Waals surface area contributed by atoms with Crippen LogP contribution in [0.3, 0.4) is 0 Å². The van der Waals surface area contributed by atoms with Gasteiger partial charge < -0.3 is 15.2 Å². The average molecular weight is 235 g/mol. The number of rotatable bonds is 4. The van der Waals surface area contributed by atoms with Crippen LogP contribution in [0.5, 0.6) is 11.5 Å². The number of nitrogens with one attached hydrogen (secondary N) is 1. The first-order chi connectivity index (χ1) is 8.26. The second kappa shape index (κ2) is 4.79. The van der Waals surface area contributed by atoms with Gasteiger partial charge >= 0.3 is 0 Å². The van der Waals surface area contributed by atoms with Crippen LogP contribution in [0.1, 0.15) is 17.4 Å². The first-order valence-electron chi connectivity index (χ1n) is 4.97. The quantitative estimate of drug-likeness (QED) is 0.788. The first kappa shape index (κ1) is 11.3. The molecule has 17 heavy (non-hydrogen) atoms. The van der Waals surface area contributed by atoms with Crippen LogP contribution >= 0.6 is 0 Å². The van der Waals surface area contributed by atoms with E-state index >= 15 is 0 Å². The molecule has 7 nitrogen and oxygen atoms in total. The standard InChI is InChI=1S/C10H13N5O2/c1-16-6-3-4-8(17-2)7(5-6)9(11)10-12-14-15-13-10/h3-5,9H,11H2,1-2H3,(H,12,13,14,15). The lowest BCUT2D eigenvalue weighted by Gasteiger charge is -2.13. The fraction of sp³-hybridized carbons (Fsp3) is 0.300. The zero-order valence-electron chi connectivity index (χ0n) is 9.54. The lowest BCUT2D eigenvalue weighted by Crippen LogP contribution is -2.15. The summed E-state index contributed by atoms with van der Waals surface area (Å²) in [7, 11) is 3.17. The van der Waals surface area contributed by atoms with E-state index in [0.29, 0.717) is 17.3 Å². The van der Waals surface area contributed by atoms with Gasteiger partial charge in [-0.2, -0.15) is 5.21 Å². The van der Waals surface area contributed by atoms with Gasteiger partial charge in [0.2, 0.25) is 0 Å². The van der Waals surface area contributed by atoms with E-state index in [-0.39, 0.29) is 0 Å². The zero-order chi connectivity index (χ0) is 12.3. The number of benzene rings is 1. The van der Waals surface area contributed by atoms with Gasteiger partial charge in [-0.05, 0) is 18.2 Å². The molecule has 7 heteroatoms. The van der Waals surface area contributed by atoms with E-state index < -0.39 is 6.04 Å². The molecule has 0 aliphatic rings. The molecule has 3 N–H and O–H groups in total. The number of ether oxygens (including phenoxy) is 2. The summed E-state index contributed by atoms with van der Waals surface area (Å²) in [6, 6.07) is 4.86. The third-order valence-electron chi connectivity index (χ3n) is 2.41. The van der Waals surface area contributed by atoms with Gasteiger partial charge in [-0.25, -0.2) is 0 Å². The van der Waals surface area contributed by atoms with Crippen molar-refractivity contribution in [1.82, 2.24) is 20.6 Å². The van der Waals surface area contributed by atoms with Crippen LogP contribution in [0, 0.1) is 0 Å². The number of nitrogens with two attached hydrogens (primary N) is 1. The fourth-order valence-electron chi connectivity index (χ4n) is 1.52. The van der Waals surface area contributed by atoms with E-state index in [0.717, 1.165) is 5.56 Å². The Balaban J connectivity index is 2.41. The van der Waals surface area contributed by atoms with Crippen LogP contribution < -0.4 is 15.2 Å². The Labute approximate surface area is 97.9 Å². The Bertz CT molecular complexity index is 485. The Morgan fingerprint density at radius 3 is 2.71 bits per heavy atom. The summed E-state index contributed by atoms with van der Waals surface area (Å²) in [6.07, 6.45) is 0. The second-order valence-corrected chi connectivity index (χ2v) is 3.36. The Hall–Kier alpha value is -2.15. The molecule has 2 rings (SSSR count). The fourth-order valence-corrected chi connectivity index (χ4v) is 1.52. The largest absolute Gasteiger partial charge is 0.497 e. The predicted molar refractivity (Wildman–Crippen MR) is 59.8 cm³/mol. The molecule has 1 heterocycles. The smallest absolute Gasteiger partial charge is 0.195 e. The van der Waals surface area contributed by atoms with E-state index in [4.69, 9.17) is 15.2 Å². The van der Waals surface area contributed by atoms with Gasteiger partial charge in [-0.3, -0.25) is 0 Å². The molecule has 2 aromatic rings. The molecule has 0 fully saturated rings. The predicted octanol–water partition coefficient (Wildman–Crippen LogP) is 0.265. The van der Waals surface area contributed by atoms with Gasteiger partial charge in [0.15, 0.2) is 5.82 Å². The Morgan fingerprint density at radius 2 is 2.12 bits per heavy atom. The second-order valence-electron chi connectivity index (χ2n) is 3.36. The minimum absolute atomic E-state index is 0.400. The molecule has 1 aromatic heterocycles. The van der Waals surface area contributed by atoms with Gasteiger partial charge in [0.05, 0.1) is 20.3 Å². The number of aromatic amines is 1. The first-order valence-corrected chi connectivity index (χ1v) is 4.97. The Kier molecular flexibility index (Phi) is 3.20. The van der Waals surface area contributed by atoms with Gasteiger partial charge in [-0.1, -0.05) is 5.21 Å². The lowest BCUT2D eigenvalue weighted by atomic mass is 10.1. The molecule has 0 aliphatic carbocycles. The minimum Gasteiger partial charge on any atom is -0.497 e. The molecular weight excluding hydrogens is 222 g/mol. The van der Waals surface area contributed by atoms with E-state index in [2.05, 4.69) is 20.6 Å². The number of nitrogens with zero attached hydrogens (tertiary/aromatic N) is 3. The van der Waals surface area contributed by atoms with Gasteiger partial charge in [0, 0.05) is 5.56 Å². The van der Waals surface area contributed by atoms with Crippen molar-refractivity contribution < 1.29 is 9.47 Å². The highest BCUT2D eigenvalue weighted by Crippen LogP contribution is 2.30. The average Bonchev–Trinajstić information content (AvgIpc) is 2.91. The number of methoxy groups -OCH3 is 2. The van der Waals surface area contributed by atoms with Crippen molar-refractivity contribution in [2.45, 2.75) is 6.04 Å². The maximum atomic E-state index is 6.04. The Morgan fingerprint density at radius 1 is 1.29 bits per heavy atom. The normalized spacial score (nSPS) is 12.2. The third kappa shape index (κ3) is 2.18. The van der Waals surface area contributed by atoms with Crippen molar-refractivity contribution in [2.24, 2.45) is 5.73 Å². The summed E-state index contributed by atoms with van der Waals surface area (Å²) in [5.41, 5.74) is 6.78. The summed E-state index contributed by atoms with van der Waals surface area (Å²) in [5.74, 6) is 1.75. The van der Waals surface area contributed by atoms with Crippen molar-refractivity contribution in [3.8, 4) is 11.5 Å². The molecule has 0 aliphatic heterocycles. The summed E-state index contributed by atoms with van der Waals surface area (Å²) < 4.78 is 10.4. The van der Waals surface area contributed by atoms with Gasteiger partial charge in [0.25, 0.3) is 0 Å². The number of hydrogen-bond acceptors (Lipinski definition) is 6. The number of hydrogen-bond donors (Lipinski definition) is 2. The molecule has 0 saturated carbocycles. The zero-order valence-corrected chi connectivity index (χ0v) is 9.54. The van der Waals surface area contributed by atoms with Crippen LogP contribution in [0.15, 0.2) is 18.2 Å². The van der Waals surface area contributed by atoms with Crippen molar-refractivity contribution in [3.63, 3.8) is 0 Å². The van der Waals surface area contributed by atoms with Crippen LogP contribution in [-0.2, 0) is 0 Å². The third-order valence-corrected chi connectivity index (χ3v) is 2.41. The highest BCUT2D eigenvalue weighted by atomic mass is 16.5. The van der Waals surface area contributed by atoms with E-state index in [1.165, 1.54) is 0 Å². The molecule has 1 aromatic carbocycles. The molecule has 0 amide bonds. The summed E-state index contributed by atoms with van der Waals surface area (Å²) in [5, 5.41) is 13.6. The monoisotopic (exact) mass is 235 g/mol. The minimum atomic E-state index is -0.515. The van der Waals surface area contributed by atoms with Crippen LogP contribution in [0.4, 0.5) is 0 Å².